The van der Waals surface area contributed by atoms with Crippen LogP contribution in [-0.2, 0) is 0 Å². The van der Waals surface area contributed by atoms with Crippen LogP contribution in [0, 0.1) is 6.92 Å². The van der Waals surface area contributed by atoms with Crippen molar-refractivity contribution in [2.75, 3.05) is 24.3 Å². The Morgan fingerprint density at radius 2 is 2.00 bits per heavy atom. The van der Waals surface area contributed by atoms with Crippen molar-refractivity contribution in [1.29, 1.82) is 0 Å². The van der Waals surface area contributed by atoms with Crippen molar-refractivity contribution in [3.8, 4) is 0 Å². The Morgan fingerprint density at radius 1 is 1.29 bits per heavy atom. The van der Waals surface area contributed by atoms with Gasteiger partial charge in [-0.15, -0.1) is 0 Å². The highest BCUT2D eigenvalue weighted by molar-refractivity contribution is 9.10. The van der Waals surface area contributed by atoms with Gasteiger partial charge in [-0.2, -0.15) is 0 Å². The average molecular weight is 350 g/mol. The minimum Gasteiger partial charge on any atom is -0.376 e. The van der Waals surface area contributed by atoms with Gasteiger partial charge in [0.1, 0.15) is 5.56 Å². The first-order valence-electron chi connectivity index (χ1n) is 6.36. The predicted molar refractivity (Wildman–Crippen MR) is 88.2 cm³/mol. The van der Waals surface area contributed by atoms with Crippen LogP contribution in [0.25, 0.3) is 0 Å². The van der Waals surface area contributed by atoms with E-state index in [9.17, 15) is 9.59 Å². The van der Waals surface area contributed by atoms with E-state index < -0.39 is 5.91 Å². The maximum atomic E-state index is 12.3. The van der Waals surface area contributed by atoms with Crippen molar-refractivity contribution >= 4 is 33.2 Å². The zero-order valence-corrected chi connectivity index (χ0v) is 13.6. The van der Waals surface area contributed by atoms with Gasteiger partial charge in [0.25, 0.3) is 5.91 Å². The van der Waals surface area contributed by atoms with Crippen LogP contribution in [0.2, 0.25) is 0 Å². The molecule has 5 nitrogen and oxygen atoms in total. The normalized spacial score (nSPS) is 10.3. The molecule has 0 fully saturated rings. The van der Waals surface area contributed by atoms with E-state index in [2.05, 4.69) is 26.2 Å². The van der Waals surface area contributed by atoms with Gasteiger partial charge in [0, 0.05) is 36.5 Å². The lowest BCUT2D eigenvalue weighted by atomic mass is 10.2. The number of aryl methyl sites for hydroxylation is 1. The Bertz CT molecular complexity index is 738. The van der Waals surface area contributed by atoms with E-state index in [0.717, 1.165) is 10.2 Å². The van der Waals surface area contributed by atoms with Crippen LogP contribution in [0.4, 0.5) is 11.4 Å². The second kappa shape index (κ2) is 6.13. The Kier molecular flexibility index (Phi) is 4.47. The lowest BCUT2D eigenvalue weighted by Crippen LogP contribution is -2.23. The maximum absolute atomic E-state index is 12.3. The largest absolute Gasteiger partial charge is 0.376 e. The Balaban J connectivity index is 2.35. The lowest BCUT2D eigenvalue weighted by Gasteiger charge is -2.18. The molecule has 0 spiro atoms. The van der Waals surface area contributed by atoms with Gasteiger partial charge in [0.05, 0.1) is 11.4 Å². The number of halogens is 1. The molecule has 1 aromatic carbocycles. The van der Waals surface area contributed by atoms with Gasteiger partial charge < -0.3 is 15.2 Å². The first-order valence-corrected chi connectivity index (χ1v) is 7.15. The van der Waals surface area contributed by atoms with Crippen molar-refractivity contribution in [3.63, 3.8) is 0 Å². The van der Waals surface area contributed by atoms with Crippen molar-refractivity contribution in [2.45, 2.75) is 6.92 Å². The third-order valence-electron chi connectivity index (χ3n) is 2.99. The number of nitrogens with one attached hydrogen (secondary N) is 2. The summed E-state index contributed by atoms with van der Waals surface area (Å²) in [7, 11) is 3.77. The van der Waals surface area contributed by atoms with Crippen LogP contribution in [-0.4, -0.2) is 25.0 Å². The lowest BCUT2D eigenvalue weighted by molar-refractivity contribution is 0.102. The van der Waals surface area contributed by atoms with E-state index in [1.54, 1.807) is 13.0 Å². The molecule has 0 aliphatic rings. The molecule has 0 atom stereocenters. The Labute approximate surface area is 131 Å². The van der Waals surface area contributed by atoms with Crippen molar-refractivity contribution < 1.29 is 4.79 Å². The number of benzene rings is 1. The summed E-state index contributed by atoms with van der Waals surface area (Å²) >= 11 is 3.38. The summed E-state index contributed by atoms with van der Waals surface area (Å²) in [4.78, 5) is 28.9. The van der Waals surface area contributed by atoms with Crippen molar-refractivity contribution in [1.82, 2.24) is 4.98 Å². The minimum atomic E-state index is -0.433. The van der Waals surface area contributed by atoms with E-state index in [0.29, 0.717) is 11.4 Å². The highest BCUT2D eigenvalue weighted by Crippen LogP contribution is 2.28. The summed E-state index contributed by atoms with van der Waals surface area (Å²) in [5.74, 6) is -0.433. The molecular formula is C15H16BrN3O2. The molecular weight excluding hydrogens is 334 g/mol. The number of rotatable bonds is 3. The molecule has 110 valence electrons. The second-order valence-electron chi connectivity index (χ2n) is 4.90. The first kappa shape index (κ1) is 15.3. The number of aromatic amines is 1. The van der Waals surface area contributed by atoms with Gasteiger partial charge in [0.15, 0.2) is 5.43 Å². The van der Waals surface area contributed by atoms with Crippen LogP contribution in [0.15, 0.2) is 39.7 Å². The van der Waals surface area contributed by atoms with Gasteiger partial charge in [-0.1, -0.05) is 15.9 Å². The van der Waals surface area contributed by atoms with Gasteiger partial charge >= 0.3 is 0 Å². The fourth-order valence-electron chi connectivity index (χ4n) is 1.94. The number of amides is 1. The molecule has 0 aliphatic heterocycles. The fourth-order valence-corrected chi connectivity index (χ4v) is 2.30. The van der Waals surface area contributed by atoms with Crippen molar-refractivity contribution in [2.24, 2.45) is 0 Å². The topological polar surface area (TPSA) is 65.2 Å². The molecule has 1 amide bonds. The second-order valence-corrected chi connectivity index (χ2v) is 5.82. The Morgan fingerprint density at radius 3 is 2.62 bits per heavy atom. The van der Waals surface area contributed by atoms with Gasteiger partial charge in [-0.05, 0) is 25.1 Å². The van der Waals surface area contributed by atoms with Crippen LogP contribution in [0.3, 0.4) is 0 Å². The molecule has 0 radical (unpaired) electrons. The predicted octanol–water partition coefficient (Wildman–Crippen LogP) is 2.76. The van der Waals surface area contributed by atoms with Crippen LogP contribution in [0.5, 0.6) is 0 Å². The van der Waals surface area contributed by atoms with Crippen LogP contribution < -0.4 is 15.6 Å². The Hall–Kier alpha value is -2.08. The van der Waals surface area contributed by atoms with Crippen LogP contribution in [0.1, 0.15) is 16.1 Å². The van der Waals surface area contributed by atoms with E-state index in [1.165, 1.54) is 12.3 Å². The SMILES string of the molecule is Cc1cc(=O)c(C(=O)Nc2cc(Br)ccc2N(C)C)c[nH]1. The highest BCUT2D eigenvalue weighted by Gasteiger charge is 2.13. The molecule has 2 aromatic rings. The number of aromatic nitrogens is 1. The number of anilines is 2. The monoisotopic (exact) mass is 349 g/mol. The molecule has 2 N–H and O–H groups in total. The maximum Gasteiger partial charge on any atom is 0.261 e. The number of carbonyl (C=O) groups is 1. The number of carbonyl (C=O) groups excluding carboxylic acids is 1. The quantitative estimate of drug-likeness (QED) is 0.895. The number of hydrogen-bond acceptors (Lipinski definition) is 3. The van der Waals surface area contributed by atoms with Gasteiger partial charge in [-0.3, -0.25) is 9.59 Å². The summed E-state index contributed by atoms with van der Waals surface area (Å²) in [6.45, 7) is 1.77. The summed E-state index contributed by atoms with van der Waals surface area (Å²) in [6, 6.07) is 6.99. The summed E-state index contributed by atoms with van der Waals surface area (Å²) in [5.41, 5.74) is 2.00. The fraction of sp³-hybridized carbons (Fsp3) is 0.200. The summed E-state index contributed by atoms with van der Waals surface area (Å²) in [5, 5.41) is 2.78. The molecule has 1 heterocycles. The zero-order valence-electron chi connectivity index (χ0n) is 12.0. The molecule has 6 heteroatoms. The van der Waals surface area contributed by atoms with E-state index >= 15 is 0 Å². The van der Waals surface area contributed by atoms with Gasteiger partial charge in [0.2, 0.25) is 0 Å². The van der Waals surface area contributed by atoms with E-state index in [-0.39, 0.29) is 11.0 Å². The molecule has 1 aromatic heterocycles. The average Bonchev–Trinajstić information content (AvgIpc) is 2.37. The molecule has 0 saturated heterocycles. The van der Waals surface area contributed by atoms with Crippen LogP contribution >= 0.6 is 15.9 Å². The summed E-state index contributed by atoms with van der Waals surface area (Å²) < 4.78 is 0.848. The number of hydrogen-bond donors (Lipinski definition) is 2. The van der Waals surface area contributed by atoms with Gasteiger partial charge in [-0.25, -0.2) is 0 Å². The molecule has 21 heavy (non-hydrogen) atoms. The zero-order chi connectivity index (χ0) is 15.6. The third-order valence-corrected chi connectivity index (χ3v) is 3.48. The standard InChI is InChI=1S/C15H16BrN3O2/c1-9-6-14(20)11(8-17-9)15(21)18-12-7-10(16)4-5-13(12)19(2)3/h4-8H,1-3H3,(H,17,20)(H,18,21). The first-order chi connectivity index (χ1) is 9.88. The van der Waals surface area contributed by atoms with E-state index in [1.807, 2.05) is 31.1 Å². The number of nitrogens with zero attached hydrogens (tertiary/aromatic N) is 1. The molecule has 0 saturated carbocycles. The summed E-state index contributed by atoms with van der Waals surface area (Å²) in [6.07, 6.45) is 1.43. The molecule has 2 rings (SSSR count). The van der Waals surface area contributed by atoms with Crippen molar-refractivity contribution in [3.05, 3.63) is 56.4 Å². The number of pyridine rings is 1. The highest BCUT2D eigenvalue weighted by atomic mass is 79.9. The minimum absolute atomic E-state index is 0.0882. The van der Waals surface area contributed by atoms with E-state index in [4.69, 9.17) is 0 Å². The number of H-pyrrole nitrogens is 1. The smallest absolute Gasteiger partial charge is 0.261 e. The molecule has 0 unspecified atom stereocenters. The molecule has 0 bridgehead atoms. The third kappa shape index (κ3) is 3.52. The molecule has 0 aliphatic carbocycles.